The van der Waals surface area contributed by atoms with Crippen molar-refractivity contribution in [3.63, 3.8) is 0 Å². The molecular formula is C17H26N2O2. The van der Waals surface area contributed by atoms with Gasteiger partial charge in [0.15, 0.2) is 0 Å². The predicted molar refractivity (Wildman–Crippen MR) is 86.7 cm³/mol. The fourth-order valence-electron chi connectivity index (χ4n) is 2.62. The van der Waals surface area contributed by atoms with Gasteiger partial charge < -0.3 is 15.8 Å². The van der Waals surface area contributed by atoms with Crippen LogP contribution in [-0.2, 0) is 11.2 Å². The number of carbonyl (C=O) groups excluding carboxylic acids is 1. The van der Waals surface area contributed by atoms with Gasteiger partial charge >= 0.3 is 0 Å². The van der Waals surface area contributed by atoms with E-state index in [2.05, 4.69) is 12.2 Å². The molecule has 0 unspecified atom stereocenters. The zero-order valence-corrected chi connectivity index (χ0v) is 12.9. The van der Waals surface area contributed by atoms with E-state index in [9.17, 15) is 4.79 Å². The third-order valence-electron chi connectivity index (χ3n) is 3.89. The van der Waals surface area contributed by atoms with Crippen LogP contribution in [0.2, 0.25) is 0 Å². The SMILES string of the molecule is CCCCCCCCOc1cc2c(cc1N)CCC(=O)N2. The first-order valence-electron chi connectivity index (χ1n) is 8.05. The highest BCUT2D eigenvalue weighted by Gasteiger charge is 2.17. The number of carbonyl (C=O) groups is 1. The number of hydrogen-bond donors (Lipinski definition) is 2. The minimum Gasteiger partial charge on any atom is -0.491 e. The van der Waals surface area contributed by atoms with Gasteiger partial charge in [0.1, 0.15) is 5.75 Å². The molecular weight excluding hydrogens is 264 g/mol. The van der Waals surface area contributed by atoms with Gasteiger partial charge in [0, 0.05) is 18.2 Å². The van der Waals surface area contributed by atoms with Crippen LogP contribution in [-0.4, -0.2) is 12.5 Å². The number of benzene rings is 1. The summed E-state index contributed by atoms with van der Waals surface area (Å²) in [5, 5.41) is 2.88. The molecule has 1 aliphatic heterocycles. The van der Waals surface area contributed by atoms with E-state index < -0.39 is 0 Å². The Balaban J connectivity index is 1.80. The number of amides is 1. The second kappa shape index (κ2) is 7.91. The van der Waals surface area contributed by atoms with Crippen molar-refractivity contribution in [1.29, 1.82) is 0 Å². The highest BCUT2D eigenvalue weighted by atomic mass is 16.5. The molecule has 0 radical (unpaired) electrons. The smallest absolute Gasteiger partial charge is 0.224 e. The molecule has 1 heterocycles. The molecule has 116 valence electrons. The van der Waals surface area contributed by atoms with Crippen molar-refractivity contribution in [3.05, 3.63) is 17.7 Å². The van der Waals surface area contributed by atoms with Crippen molar-refractivity contribution in [2.24, 2.45) is 0 Å². The van der Waals surface area contributed by atoms with E-state index in [1.165, 1.54) is 32.1 Å². The Kier molecular flexibility index (Phi) is 5.90. The topological polar surface area (TPSA) is 64.3 Å². The summed E-state index contributed by atoms with van der Waals surface area (Å²) < 4.78 is 5.77. The third-order valence-corrected chi connectivity index (χ3v) is 3.89. The first kappa shape index (κ1) is 15.7. The molecule has 3 N–H and O–H groups in total. The Morgan fingerprint density at radius 3 is 2.71 bits per heavy atom. The molecule has 1 aliphatic rings. The van der Waals surface area contributed by atoms with Crippen LogP contribution < -0.4 is 15.8 Å². The molecule has 1 aromatic rings. The lowest BCUT2D eigenvalue weighted by Gasteiger charge is -2.19. The zero-order chi connectivity index (χ0) is 15.1. The quantitative estimate of drug-likeness (QED) is 0.564. The standard InChI is InChI=1S/C17H26N2O2/c1-2-3-4-5-6-7-10-21-16-12-15-13(11-14(16)18)8-9-17(20)19-15/h11-12H,2-10,18H2,1H3,(H,19,20). The molecule has 0 spiro atoms. The first-order valence-corrected chi connectivity index (χ1v) is 8.05. The largest absolute Gasteiger partial charge is 0.491 e. The van der Waals surface area contributed by atoms with Crippen LogP contribution in [0.25, 0.3) is 0 Å². The van der Waals surface area contributed by atoms with E-state index in [4.69, 9.17) is 10.5 Å². The molecule has 2 rings (SSSR count). The summed E-state index contributed by atoms with van der Waals surface area (Å²) in [6.45, 7) is 2.91. The third kappa shape index (κ3) is 4.66. The second-order valence-corrected chi connectivity index (χ2v) is 5.71. The van der Waals surface area contributed by atoms with Gasteiger partial charge in [-0.15, -0.1) is 0 Å². The molecule has 0 aromatic heterocycles. The van der Waals surface area contributed by atoms with E-state index in [1.807, 2.05) is 12.1 Å². The number of hydrogen-bond acceptors (Lipinski definition) is 3. The zero-order valence-electron chi connectivity index (χ0n) is 12.9. The number of nitrogens with two attached hydrogens (primary N) is 1. The maximum absolute atomic E-state index is 11.4. The van der Waals surface area contributed by atoms with Gasteiger partial charge in [-0.2, -0.15) is 0 Å². The Morgan fingerprint density at radius 2 is 1.90 bits per heavy atom. The molecule has 0 fully saturated rings. The van der Waals surface area contributed by atoms with E-state index in [-0.39, 0.29) is 5.91 Å². The van der Waals surface area contributed by atoms with Gasteiger partial charge in [-0.3, -0.25) is 4.79 Å². The molecule has 0 saturated heterocycles. The predicted octanol–water partition coefficient (Wildman–Crippen LogP) is 3.89. The van der Waals surface area contributed by atoms with Crippen molar-refractivity contribution in [2.45, 2.75) is 58.3 Å². The van der Waals surface area contributed by atoms with Crippen LogP contribution in [0.3, 0.4) is 0 Å². The number of fused-ring (bicyclic) bond motifs is 1. The molecule has 21 heavy (non-hydrogen) atoms. The summed E-state index contributed by atoms with van der Waals surface area (Å²) in [5.41, 5.74) is 8.63. The lowest BCUT2D eigenvalue weighted by atomic mass is 10.0. The summed E-state index contributed by atoms with van der Waals surface area (Å²) >= 11 is 0. The highest BCUT2D eigenvalue weighted by molar-refractivity contribution is 5.94. The molecule has 0 saturated carbocycles. The Bertz CT molecular complexity index is 486. The minimum atomic E-state index is 0.0640. The van der Waals surface area contributed by atoms with Gasteiger partial charge in [0.2, 0.25) is 5.91 Å². The van der Waals surface area contributed by atoms with Crippen LogP contribution in [0, 0.1) is 0 Å². The Labute approximate surface area is 127 Å². The fourth-order valence-corrected chi connectivity index (χ4v) is 2.62. The van der Waals surface area contributed by atoms with Crippen LogP contribution in [0.5, 0.6) is 5.75 Å². The maximum atomic E-state index is 11.4. The van der Waals surface area contributed by atoms with Crippen LogP contribution in [0.15, 0.2) is 12.1 Å². The number of rotatable bonds is 8. The number of unbranched alkanes of at least 4 members (excludes halogenated alkanes) is 5. The van der Waals surface area contributed by atoms with Crippen LogP contribution in [0.1, 0.15) is 57.4 Å². The Morgan fingerprint density at radius 1 is 1.14 bits per heavy atom. The molecule has 0 aliphatic carbocycles. The van der Waals surface area contributed by atoms with E-state index in [0.717, 1.165) is 24.1 Å². The first-order chi connectivity index (χ1) is 10.2. The second-order valence-electron chi connectivity index (χ2n) is 5.71. The van der Waals surface area contributed by atoms with Crippen LogP contribution in [0.4, 0.5) is 11.4 Å². The number of aryl methyl sites for hydroxylation is 1. The average Bonchev–Trinajstić information content (AvgIpc) is 2.47. The molecule has 1 aromatic carbocycles. The summed E-state index contributed by atoms with van der Waals surface area (Å²) in [6.07, 6.45) is 8.70. The number of nitrogen functional groups attached to an aromatic ring is 1. The highest BCUT2D eigenvalue weighted by Crippen LogP contribution is 2.32. The minimum absolute atomic E-state index is 0.0640. The van der Waals surface area contributed by atoms with Gasteiger partial charge in [-0.1, -0.05) is 39.0 Å². The van der Waals surface area contributed by atoms with Gasteiger partial charge in [0.25, 0.3) is 0 Å². The van der Waals surface area contributed by atoms with Crippen molar-refractivity contribution in [3.8, 4) is 5.75 Å². The van der Waals surface area contributed by atoms with Crippen molar-refractivity contribution < 1.29 is 9.53 Å². The van der Waals surface area contributed by atoms with E-state index in [1.54, 1.807) is 0 Å². The molecule has 0 atom stereocenters. The summed E-state index contributed by atoms with van der Waals surface area (Å²) in [4.78, 5) is 11.4. The lowest BCUT2D eigenvalue weighted by Crippen LogP contribution is -2.19. The maximum Gasteiger partial charge on any atom is 0.224 e. The lowest BCUT2D eigenvalue weighted by molar-refractivity contribution is -0.116. The Hall–Kier alpha value is -1.71. The average molecular weight is 290 g/mol. The molecule has 4 heteroatoms. The van der Waals surface area contributed by atoms with Crippen molar-refractivity contribution in [2.75, 3.05) is 17.7 Å². The normalized spacial score (nSPS) is 13.7. The summed E-state index contributed by atoms with van der Waals surface area (Å²) in [5.74, 6) is 0.749. The number of anilines is 2. The monoisotopic (exact) mass is 290 g/mol. The van der Waals surface area contributed by atoms with E-state index >= 15 is 0 Å². The van der Waals surface area contributed by atoms with Crippen molar-refractivity contribution in [1.82, 2.24) is 0 Å². The number of ether oxygens (including phenoxy) is 1. The number of nitrogens with one attached hydrogen (secondary N) is 1. The summed E-state index contributed by atoms with van der Waals surface area (Å²) in [7, 11) is 0. The van der Waals surface area contributed by atoms with Gasteiger partial charge in [-0.25, -0.2) is 0 Å². The molecule has 0 bridgehead atoms. The molecule has 1 amide bonds. The van der Waals surface area contributed by atoms with Gasteiger partial charge in [-0.05, 0) is 24.5 Å². The van der Waals surface area contributed by atoms with Crippen LogP contribution >= 0.6 is 0 Å². The van der Waals surface area contributed by atoms with Gasteiger partial charge in [0.05, 0.1) is 12.3 Å². The fraction of sp³-hybridized carbons (Fsp3) is 0.588. The van der Waals surface area contributed by atoms with E-state index in [0.29, 0.717) is 24.5 Å². The summed E-state index contributed by atoms with van der Waals surface area (Å²) in [6, 6.07) is 3.78. The molecule has 4 nitrogen and oxygen atoms in total. The van der Waals surface area contributed by atoms with Crippen molar-refractivity contribution >= 4 is 17.3 Å².